The Morgan fingerprint density at radius 2 is 2.08 bits per heavy atom. The maximum Gasteiger partial charge on any atom is 0.326 e. The molecule has 1 atom stereocenters. The quantitative estimate of drug-likeness (QED) is 0.838. The fraction of sp³-hybridized carbons (Fsp3) is 0.722. The zero-order valence-electron chi connectivity index (χ0n) is 15.1. The van der Waals surface area contributed by atoms with E-state index in [1.54, 1.807) is 4.90 Å². The van der Waals surface area contributed by atoms with Gasteiger partial charge in [-0.25, -0.2) is 4.79 Å². The topological polar surface area (TPSA) is 87.5 Å². The number of aryl methyl sites for hydroxylation is 3. The van der Waals surface area contributed by atoms with Crippen molar-refractivity contribution in [3.05, 3.63) is 17.5 Å². The highest BCUT2D eigenvalue weighted by atomic mass is 16.4. The van der Waals surface area contributed by atoms with Gasteiger partial charge in [0.2, 0.25) is 5.91 Å². The summed E-state index contributed by atoms with van der Waals surface area (Å²) in [6.45, 7) is 7.05. The van der Waals surface area contributed by atoms with Crippen LogP contribution in [0.4, 0.5) is 0 Å². The summed E-state index contributed by atoms with van der Waals surface area (Å²) in [5.74, 6) is -0.911. The van der Waals surface area contributed by atoms with Crippen LogP contribution in [0.3, 0.4) is 0 Å². The van der Waals surface area contributed by atoms with Gasteiger partial charge in [0, 0.05) is 25.2 Å². The molecule has 0 unspecified atom stereocenters. The molecule has 2 aliphatic rings. The molecule has 2 N–H and O–H groups in total. The van der Waals surface area contributed by atoms with Crippen molar-refractivity contribution in [3.8, 4) is 0 Å². The largest absolute Gasteiger partial charge is 0.480 e. The molecule has 2 fully saturated rings. The number of carboxylic acid groups (broad SMARTS) is 1. The number of carbonyl (C=O) groups is 2. The number of hydrogen-bond acceptors (Lipinski definition) is 4. The van der Waals surface area contributed by atoms with Crippen molar-refractivity contribution in [2.45, 2.75) is 58.5 Å². The van der Waals surface area contributed by atoms with Crippen LogP contribution >= 0.6 is 0 Å². The van der Waals surface area contributed by atoms with Crippen molar-refractivity contribution in [1.29, 1.82) is 0 Å². The smallest absolute Gasteiger partial charge is 0.326 e. The number of aliphatic carboxylic acids is 1. The normalized spacial score (nSPS) is 22.5. The van der Waals surface area contributed by atoms with E-state index < -0.39 is 12.0 Å². The number of nitrogens with one attached hydrogen (secondary N) is 1. The van der Waals surface area contributed by atoms with Crippen LogP contribution in [0, 0.1) is 19.3 Å². The maximum absolute atomic E-state index is 12.7. The van der Waals surface area contributed by atoms with Crippen molar-refractivity contribution < 1.29 is 14.7 Å². The van der Waals surface area contributed by atoms with Crippen molar-refractivity contribution in [1.82, 2.24) is 20.0 Å². The second kappa shape index (κ2) is 7.15. The van der Waals surface area contributed by atoms with Crippen molar-refractivity contribution in [2.24, 2.45) is 5.41 Å². The number of hydrogen-bond donors (Lipinski definition) is 2. The van der Waals surface area contributed by atoms with Crippen LogP contribution in [0.5, 0.6) is 0 Å². The maximum atomic E-state index is 12.7. The Hall–Kier alpha value is -1.89. The first-order valence-corrected chi connectivity index (χ1v) is 9.14. The molecular weight excluding hydrogens is 320 g/mol. The van der Waals surface area contributed by atoms with Crippen LogP contribution in [0.1, 0.15) is 43.5 Å². The SMILES string of the molecule is Cc1cc(C)n(CCCC(=O)N2CC3(CCNCC3)C[C@@H]2C(=O)O)n1. The average Bonchev–Trinajstić information content (AvgIpc) is 3.09. The number of amides is 1. The van der Waals surface area contributed by atoms with E-state index in [0.717, 1.165) is 37.3 Å². The lowest BCUT2D eigenvalue weighted by molar-refractivity contribution is -0.148. The summed E-state index contributed by atoms with van der Waals surface area (Å²) in [6, 6.07) is 1.35. The van der Waals surface area contributed by atoms with Gasteiger partial charge < -0.3 is 15.3 Å². The lowest BCUT2D eigenvalue weighted by atomic mass is 9.77. The van der Waals surface area contributed by atoms with Gasteiger partial charge in [0.25, 0.3) is 0 Å². The van der Waals surface area contributed by atoms with Crippen molar-refractivity contribution in [3.63, 3.8) is 0 Å². The molecule has 0 aromatic carbocycles. The molecule has 1 aromatic heterocycles. The molecule has 3 heterocycles. The second-order valence-corrected chi connectivity index (χ2v) is 7.58. The fourth-order valence-corrected chi connectivity index (χ4v) is 4.28. The molecule has 0 aliphatic carbocycles. The predicted molar refractivity (Wildman–Crippen MR) is 93.2 cm³/mol. The van der Waals surface area contributed by atoms with Gasteiger partial charge in [-0.1, -0.05) is 0 Å². The third-order valence-electron chi connectivity index (χ3n) is 5.64. The average molecular weight is 348 g/mol. The number of piperidine rings is 1. The number of rotatable bonds is 5. The molecule has 7 nitrogen and oxygen atoms in total. The van der Waals surface area contributed by atoms with E-state index >= 15 is 0 Å². The Morgan fingerprint density at radius 3 is 2.68 bits per heavy atom. The Morgan fingerprint density at radius 1 is 1.36 bits per heavy atom. The van der Waals surface area contributed by atoms with Gasteiger partial charge in [-0.15, -0.1) is 0 Å². The molecule has 3 rings (SSSR count). The van der Waals surface area contributed by atoms with Crippen LogP contribution in [0.25, 0.3) is 0 Å². The van der Waals surface area contributed by atoms with Crippen LogP contribution in [-0.4, -0.2) is 57.3 Å². The first kappa shape index (κ1) is 17.9. The molecule has 7 heteroatoms. The standard InChI is InChI=1S/C18H28N4O3/c1-13-10-14(2)22(20-13)9-3-4-16(23)21-12-18(5-7-19-8-6-18)11-15(21)17(24)25/h10,15,19H,3-9,11-12H2,1-2H3,(H,24,25)/t15-/m1/s1. The zero-order chi connectivity index (χ0) is 18.0. The lowest BCUT2D eigenvalue weighted by Gasteiger charge is -2.33. The summed E-state index contributed by atoms with van der Waals surface area (Å²) < 4.78 is 1.91. The second-order valence-electron chi connectivity index (χ2n) is 7.58. The summed E-state index contributed by atoms with van der Waals surface area (Å²) in [5.41, 5.74) is 2.05. The highest BCUT2D eigenvalue weighted by Gasteiger charge is 2.48. The Kier molecular flexibility index (Phi) is 5.13. The van der Waals surface area contributed by atoms with Gasteiger partial charge in [0.15, 0.2) is 0 Å². The first-order valence-electron chi connectivity index (χ1n) is 9.14. The number of likely N-dealkylation sites (tertiary alicyclic amines) is 1. The molecule has 0 radical (unpaired) electrons. The van der Waals surface area contributed by atoms with E-state index in [1.807, 2.05) is 24.6 Å². The van der Waals surface area contributed by atoms with Crippen molar-refractivity contribution in [2.75, 3.05) is 19.6 Å². The molecule has 25 heavy (non-hydrogen) atoms. The number of aromatic nitrogens is 2. The number of carbonyl (C=O) groups excluding carboxylic acids is 1. The lowest BCUT2D eigenvalue weighted by Crippen LogP contribution is -2.41. The van der Waals surface area contributed by atoms with E-state index in [0.29, 0.717) is 32.4 Å². The minimum absolute atomic E-state index is 0.0142. The van der Waals surface area contributed by atoms with Gasteiger partial charge in [-0.05, 0) is 64.1 Å². The monoisotopic (exact) mass is 348 g/mol. The van der Waals surface area contributed by atoms with Gasteiger partial charge in [0.05, 0.1) is 5.69 Å². The highest BCUT2D eigenvalue weighted by Crippen LogP contribution is 2.42. The molecule has 1 aromatic rings. The molecule has 2 aliphatic heterocycles. The van der Waals surface area contributed by atoms with Crippen LogP contribution in [-0.2, 0) is 16.1 Å². The molecule has 0 bridgehead atoms. The van der Waals surface area contributed by atoms with Crippen LogP contribution in [0.15, 0.2) is 6.07 Å². The van der Waals surface area contributed by atoms with Crippen molar-refractivity contribution >= 4 is 11.9 Å². The highest BCUT2D eigenvalue weighted by molar-refractivity contribution is 5.84. The predicted octanol–water partition coefficient (Wildman–Crippen LogP) is 1.34. The van der Waals surface area contributed by atoms with E-state index in [9.17, 15) is 14.7 Å². The molecule has 1 amide bonds. The summed E-state index contributed by atoms with van der Waals surface area (Å²) >= 11 is 0. The fourth-order valence-electron chi connectivity index (χ4n) is 4.28. The van der Waals surface area contributed by atoms with Crippen LogP contribution in [0.2, 0.25) is 0 Å². The molecule has 0 saturated carbocycles. The van der Waals surface area contributed by atoms with E-state index in [1.165, 1.54) is 0 Å². The third kappa shape index (κ3) is 3.86. The van der Waals surface area contributed by atoms with E-state index in [2.05, 4.69) is 10.4 Å². The summed E-state index contributed by atoms with van der Waals surface area (Å²) in [4.78, 5) is 26.0. The van der Waals surface area contributed by atoms with Gasteiger partial charge >= 0.3 is 5.97 Å². The number of nitrogens with zero attached hydrogens (tertiary/aromatic N) is 3. The first-order chi connectivity index (χ1) is 11.9. The molecule has 2 saturated heterocycles. The van der Waals surface area contributed by atoms with Crippen LogP contribution < -0.4 is 5.32 Å². The van der Waals surface area contributed by atoms with Gasteiger partial charge in [-0.3, -0.25) is 9.48 Å². The molecule has 138 valence electrons. The molecule has 1 spiro atoms. The molecular formula is C18H28N4O3. The van der Waals surface area contributed by atoms with Gasteiger partial charge in [-0.2, -0.15) is 5.10 Å². The summed E-state index contributed by atoms with van der Waals surface area (Å²) in [6.07, 6.45) is 3.54. The minimum atomic E-state index is -0.873. The number of carboxylic acids is 1. The Balaban J connectivity index is 1.59. The van der Waals surface area contributed by atoms with E-state index in [-0.39, 0.29) is 11.3 Å². The summed E-state index contributed by atoms with van der Waals surface area (Å²) in [7, 11) is 0. The Bertz CT molecular complexity index is 649. The van der Waals surface area contributed by atoms with Gasteiger partial charge in [0.1, 0.15) is 6.04 Å². The third-order valence-corrected chi connectivity index (χ3v) is 5.64. The zero-order valence-corrected chi connectivity index (χ0v) is 15.1. The Labute approximate surface area is 148 Å². The minimum Gasteiger partial charge on any atom is -0.480 e. The summed E-state index contributed by atoms with van der Waals surface area (Å²) in [5, 5.41) is 17.3. The van der Waals surface area contributed by atoms with E-state index in [4.69, 9.17) is 0 Å².